The van der Waals surface area contributed by atoms with E-state index in [1.54, 1.807) is 6.07 Å². The maximum absolute atomic E-state index is 14.6. The third kappa shape index (κ3) is 5.04. The van der Waals surface area contributed by atoms with E-state index in [0.29, 0.717) is 50.6 Å². The Morgan fingerprint density at radius 1 is 1.11 bits per heavy atom. The predicted octanol–water partition coefficient (Wildman–Crippen LogP) is 5.07. The van der Waals surface area contributed by atoms with E-state index >= 15 is 0 Å². The van der Waals surface area contributed by atoms with Gasteiger partial charge in [0, 0.05) is 42.8 Å². The van der Waals surface area contributed by atoms with Gasteiger partial charge in [-0.15, -0.1) is 0 Å². The van der Waals surface area contributed by atoms with Crippen molar-refractivity contribution in [2.75, 3.05) is 55.7 Å². The van der Waals surface area contributed by atoms with Crippen LogP contribution in [-0.4, -0.2) is 88.4 Å². The van der Waals surface area contributed by atoms with Gasteiger partial charge >= 0.3 is 12.1 Å². The van der Waals surface area contributed by atoms with Crippen LogP contribution in [0.25, 0.3) is 10.8 Å². The molecule has 3 aromatic rings. The van der Waals surface area contributed by atoms with Crippen molar-refractivity contribution in [1.82, 2.24) is 19.8 Å². The van der Waals surface area contributed by atoms with Gasteiger partial charge in [-0.2, -0.15) is 15.2 Å². The zero-order chi connectivity index (χ0) is 30.4. The number of amides is 1. The van der Waals surface area contributed by atoms with E-state index in [1.165, 1.54) is 11.0 Å². The molecule has 1 N–H and O–H groups in total. The van der Waals surface area contributed by atoms with Gasteiger partial charge in [-0.25, -0.2) is 9.18 Å². The highest BCUT2D eigenvalue weighted by molar-refractivity contribution is 6.36. The SMILES string of the molecule is N#CC[C@H]1CN(c2nc(OCC34CCCN3CCC4)nc3c2CCN(c2cccc4ccc(F)c(Cl)c24)C3)CCN1C(=O)O. The van der Waals surface area contributed by atoms with Crippen molar-refractivity contribution in [2.45, 2.75) is 56.7 Å². The van der Waals surface area contributed by atoms with Crippen LogP contribution in [0.1, 0.15) is 43.4 Å². The third-order valence-corrected chi connectivity index (χ3v) is 10.3. The smallest absolute Gasteiger partial charge is 0.407 e. The second-order valence-corrected chi connectivity index (χ2v) is 12.7. The molecule has 1 aromatic heterocycles. The molecule has 3 saturated heterocycles. The van der Waals surface area contributed by atoms with Gasteiger partial charge in [0.15, 0.2) is 0 Å². The Balaban J connectivity index is 1.24. The van der Waals surface area contributed by atoms with Crippen LogP contribution in [0.4, 0.5) is 20.7 Å². The average molecular weight is 620 g/mol. The van der Waals surface area contributed by atoms with E-state index in [2.05, 4.69) is 20.8 Å². The number of carboxylic acid groups (broad SMARTS) is 1. The zero-order valence-corrected chi connectivity index (χ0v) is 25.3. The summed E-state index contributed by atoms with van der Waals surface area (Å²) < 4.78 is 21.0. The number of aromatic nitrogens is 2. The van der Waals surface area contributed by atoms with Crippen molar-refractivity contribution in [3.63, 3.8) is 0 Å². The summed E-state index contributed by atoms with van der Waals surface area (Å²) in [5.74, 6) is 0.288. The zero-order valence-electron chi connectivity index (χ0n) is 24.5. The number of anilines is 2. The minimum Gasteiger partial charge on any atom is -0.465 e. The van der Waals surface area contributed by atoms with Crippen LogP contribution < -0.4 is 14.5 Å². The lowest BCUT2D eigenvalue weighted by molar-refractivity contribution is 0.107. The maximum Gasteiger partial charge on any atom is 0.407 e. The molecule has 1 amide bonds. The van der Waals surface area contributed by atoms with Crippen molar-refractivity contribution >= 4 is 40.0 Å². The second kappa shape index (κ2) is 11.6. The number of nitriles is 1. The molecule has 0 bridgehead atoms. The number of piperazine rings is 1. The first-order chi connectivity index (χ1) is 21.4. The number of hydrogen-bond acceptors (Lipinski definition) is 8. The van der Waals surface area contributed by atoms with Gasteiger partial charge in [0.05, 0.1) is 41.3 Å². The lowest BCUT2D eigenvalue weighted by Crippen LogP contribution is -2.55. The number of halogens is 2. The first-order valence-electron chi connectivity index (χ1n) is 15.4. The number of nitrogens with zero attached hydrogens (tertiary/aromatic N) is 7. The van der Waals surface area contributed by atoms with Gasteiger partial charge in [-0.05, 0) is 62.7 Å². The number of carbonyl (C=O) groups is 1. The third-order valence-electron chi connectivity index (χ3n) is 9.91. The molecule has 1 atom stereocenters. The molecule has 0 spiro atoms. The van der Waals surface area contributed by atoms with Gasteiger partial charge in [-0.3, -0.25) is 4.90 Å². The highest BCUT2D eigenvalue weighted by Gasteiger charge is 2.45. The molecule has 44 heavy (non-hydrogen) atoms. The molecular formula is C32H35ClFN7O3. The summed E-state index contributed by atoms with van der Waals surface area (Å²) >= 11 is 6.50. The first-order valence-corrected chi connectivity index (χ1v) is 15.8. The van der Waals surface area contributed by atoms with Gasteiger partial charge in [0.2, 0.25) is 0 Å². The summed E-state index contributed by atoms with van der Waals surface area (Å²) in [6.45, 7) is 4.91. The highest BCUT2D eigenvalue weighted by atomic mass is 35.5. The maximum atomic E-state index is 14.6. The minimum atomic E-state index is -1.02. The summed E-state index contributed by atoms with van der Waals surface area (Å²) in [6.07, 6.45) is 4.25. The van der Waals surface area contributed by atoms with E-state index < -0.39 is 18.0 Å². The minimum absolute atomic E-state index is 0.0280. The van der Waals surface area contributed by atoms with Crippen molar-refractivity contribution in [2.24, 2.45) is 0 Å². The first kappa shape index (κ1) is 28.9. The summed E-state index contributed by atoms with van der Waals surface area (Å²) in [4.78, 5) is 29.9. The summed E-state index contributed by atoms with van der Waals surface area (Å²) in [5, 5.41) is 20.8. The van der Waals surface area contributed by atoms with E-state index in [9.17, 15) is 19.6 Å². The van der Waals surface area contributed by atoms with Crippen molar-refractivity contribution < 1.29 is 19.0 Å². The van der Waals surface area contributed by atoms with Crippen LogP contribution in [0.5, 0.6) is 6.01 Å². The molecule has 2 aromatic carbocycles. The average Bonchev–Trinajstić information content (AvgIpc) is 3.62. The molecule has 0 unspecified atom stereocenters. The molecule has 230 valence electrons. The van der Waals surface area contributed by atoms with Crippen LogP contribution in [0.3, 0.4) is 0 Å². The summed E-state index contributed by atoms with van der Waals surface area (Å²) in [5.41, 5.74) is 2.69. The van der Waals surface area contributed by atoms with Crippen LogP contribution in [0, 0.1) is 17.1 Å². The molecule has 4 aliphatic rings. The summed E-state index contributed by atoms with van der Waals surface area (Å²) in [6, 6.07) is 11.0. The fourth-order valence-corrected chi connectivity index (χ4v) is 7.98. The van der Waals surface area contributed by atoms with Crippen molar-refractivity contribution in [3.8, 4) is 12.1 Å². The second-order valence-electron chi connectivity index (χ2n) is 12.3. The molecule has 12 heteroatoms. The molecule has 0 saturated carbocycles. The number of ether oxygens (including phenoxy) is 1. The predicted molar refractivity (Wildman–Crippen MR) is 165 cm³/mol. The van der Waals surface area contributed by atoms with Crippen LogP contribution >= 0.6 is 11.6 Å². The largest absolute Gasteiger partial charge is 0.465 e. The Labute approximate surface area is 260 Å². The van der Waals surface area contributed by atoms with Gasteiger partial charge < -0.3 is 24.5 Å². The molecule has 10 nitrogen and oxygen atoms in total. The molecular weight excluding hydrogens is 585 g/mol. The fourth-order valence-electron chi connectivity index (χ4n) is 7.71. The highest BCUT2D eigenvalue weighted by Crippen LogP contribution is 2.40. The lowest BCUT2D eigenvalue weighted by atomic mass is 9.95. The fraction of sp³-hybridized carbons (Fsp3) is 0.500. The van der Waals surface area contributed by atoms with Crippen LogP contribution in [0.2, 0.25) is 5.02 Å². The Bertz CT molecular complexity index is 1640. The standard InChI is InChI=1S/C32H35ClFN7O3/c33-28-24(34)7-6-21-4-1-5-26(27(21)28)38-15-9-23-25(19-38)36-30(44-20-32-10-2-13-40(32)14-3-11-32)37-29(23)39-16-17-41(31(42)43)22(18-39)8-12-35/h1,4-7,22H,2-3,8-11,13-20H2,(H,42,43)/t22-/m0/s1. The van der Waals surface area contributed by atoms with Crippen molar-refractivity contribution in [1.29, 1.82) is 5.26 Å². The Morgan fingerprint density at radius 3 is 2.70 bits per heavy atom. The lowest BCUT2D eigenvalue weighted by Gasteiger charge is -2.41. The number of rotatable bonds is 6. The molecule has 4 aliphatic heterocycles. The topological polar surface area (TPSA) is 109 Å². The van der Waals surface area contributed by atoms with E-state index in [0.717, 1.165) is 66.9 Å². The van der Waals surface area contributed by atoms with Crippen LogP contribution in [-0.2, 0) is 13.0 Å². The molecule has 3 fully saturated rings. The molecule has 0 aliphatic carbocycles. The quantitative estimate of drug-likeness (QED) is 0.404. The van der Waals surface area contributed by atoms with Crippen LogP contribution in [0.15, 0.2) is 30.3 Å². The molecule has 7 rings (SSSR count). The number of fused-ring (bicyclic) bond motifs is 3. The number of hydrogen-bond donors (Lipinski definition) is 1. The monoisotopic (exact) mass is 619 g/mol. The Kier molecular flexibility index (Phi) is 7.58. The number of benzene rings is 2. The van der Waals surface area contributed by atoms with Crippen molar-refractivity contribution in [3.05, 3.63) is 52.4 Å². The van der Waals surface area contributed by atoms with Gasteiger partial charge in [-0.1, -0.05) is 29.8 Å². The molecule has 0 radical (unpaired) electrons. The van der Waals surface area contributed by atoms with E-state index in [1.807, 2.05) is 18.2 Å². The Hall–Kier alpha value is -3.88. The normalized spacial score (nSPS) is 21.3. The summed E-state index contributed by atoms with van der Waals surface area (Å²) in [7, 11) is 0. The van der Waals surface area contributed by atoms with Gasteiger partial charge in [0.1, 0.15) is 18.2 Å². The van der Waals surface area contributed by atoms with Gasteiger partial charge in [0.25, 0.3) is 0 Å². The van der Waals surface area contributed by atoms with E-state index in [4.69, 9.17) is 26.3 Å². The molecule has 5 heterocycles. The van der Waals surface area contributed by atoms with E-state index in [-0.39, 0.29) is 23.5 Å². The Morgan fingerprint density at radius 2 is 1.93 bits per heavy atom.